The lowest BCUT2D eigenvalue weighted by atomic mass is 10.0. The van der Waals surface area contributed by atoms with Crippen LogP contribution in [0.25, 0.3) is 0 Å². The van der Waals surface area contributed by atoms with Gasteiger partial charge in [0.15, 0.2) is 0 Å². The first-order chi connectivity index (χ1) is 10.6. The average Bonchev–Trinajstić information content (AvgIpc) is 2.93. The van der Waals surface area contributed by atoms with E-state index in [1.165, 1.54) is 17.8 Å². The predicted molar refractivity (Wildman–Crippen MR) is 86.8 cm³/mol. The molecule has 7 heteroatoms. The summed E-state index contributed by atoms with van der Waals surface area (Å²) in [6, 6.07) is 0.295. The van der Waals surface area contributed by atoms with Gasteiger partial charge in [-0.2, -0.15) is 0 Å². The summed E-state index contributed by atoms with van der Waals surface area (Å²) in [5.74, 6) is -0.0940. The zero-order chi connectivity index (χ0) is 15.9. The topological polar surface area (TPSA) is 75.2 Å². The molecule has 0 saturated carbocycles. The van der Waals surface area contributed by atoms with Crippen LogP contribution in [-0.2, 0) is 16.0 Å². The Kier molecular flexibility index (Phi) is 6.30. The van der Waals surface area contributed by atoms with E-state index in [1.54, 1.807) is 0 Å². The fourth-order valence-electron chi connectivity index (χ4n) is 2.63. The molecule has 1 N–H and O–H groups in total. The van der Waals surface area contributed by atoms with Gasteiger partial charge in [-0.15, -0.1) is 10.2 Å². The maximum Gasteiger partial charge on any atom is 0.226 e. The third-order valence-electron chi connectivity index (χ3n) is 3.87. The maximum absolute atomic E-state index is 12.2. The molecule has 0 bridgehead atoms. The van der Waals surface area contributed by atoms with Crippen molar-refractivity contribution in [2.24, 2.45) is 0 Å². The number of hydrogen-bond donors (Lipinski definition) is 1. The van der Waals surface area contributed by atoms with Crippen molar-refractivity contribution in [3.8, 4) is 0 Å². The van der Waals surface area contributed by atoms with Gasteiger partial charge in [0.2, 0.25) is 16.9 Å². The number of carbonyl (C=O) groups excluding carboxylic acids is 2. The van der Waals surface area contributed by atoms with E-state index >= 15 is 0 Å². The number of nitrogens with zero attached hydrogens (tertiary/aromatic N) is 3. The van der Waals surface area contributed by atoms with Crippen LogP contribution in [-0.4, -0.2) is 39.5 Å². The highest BCUT2D eigenvalue weighted by atomic mass is 32.1. The predicted octanol–water partition coefficient (Wildman–Crippen LogP) is 2.61. The van der Waals surface area contributed by atoms with Crippen molar-refractivity contribution in [1.82, 2.24) is 15.1 Å². The summed E-state index contributed by atoms with van der Waals surface area (Å²) in [4.78, 5) is 26.0. The summed E-state index contributed by atoms with van der Waals surface area (Å²) in [6.45, 7) is 4.97. The van der Waals surface area contributed by atoms with Crippen molar-refractivity contribution < 1.29 is 9.59 Å². The summed E-state index contributed by atoms with van der Waals surface area (Å²) in [6.07, 6.45) is 5.64. The number of anilines is 1. The molecule has 0 aromatic carbocycles. The minimum atomic E-state index is -0.169. The van der Waals surface area contributed by atoms with Gasteiger partial charge in [-0.25, -0.2) is 0 Å². The Labute approximate surface area is 135 Å². The molecule has 1 fully saturated rings. The second-order valence-corrected chi connectivity index (χ2v) is 6.79. The van der Waals surface area contributed by atoms with Gasteiger partial charge in [0.1, 0.15) is 5.01 Å². The summed E-state index contributed by atoms with van der Waals surface area (Å²) in [7, 11) is 0. The Morgan fingerprint density at radius 2 is 2.14 bits per heavy atom. The molecule has 2 heterocycles. The summed E-state index contributed by atoms with van der Waals surface area (Å²) < 4.78 is 0. The Morgan fingerprint density at radius 3 is 2.86 bits per heavy atom. The molecule has 122 valence electrons. The first-order valence-corrected chi connectivity index (χ1v) is 8.83. The van der Waals surface area contributed by atoms with Gasteiger partial charge in [-0.3, -0.25) is 9.59 Å². The van der Waals surface area contributed by atoms with E-state index in [9.17, 15) is 9.59 Å². The molecule has 1 aliphatic heterocycles. The molecule has 0 spiro atoms. The number of nitrogens with one attached hydrogen (secondary N) is 1. The smallest absolute Gasteiger partial charge is 0.226 e. The van der Waals surface area contributed by atoms with Gasteiger partial charge in [-0.05, 0) is 32.6 Å². The fraction of sp³-hybridized carbons (Fsp3) is 0.733. The lowest BCUT2D eigenvalue weighted by molar-refractivity contribution is -0.135. The van der Waals surface area contributed by atoms with Crippen molar-refractivity contribution in [2.75, 3.05) is 11.9 Å². The zero-order valence-electron chi connectivity index (χ0n) is 13.3. The van der Waals surface area contributed by atoms with Crippen LogP contribution in [0.1, 0.15) is 57.4 Å². The number of hydrogen-bond acceptors (Lipinski definition) is 5. The number of aromatic nitrogens is 2. The van der Waals surface area contributed by atoms with Crippen LogP contribution in [0.4, 0.5) is 5.13 Å². The number of likely N-dealkylation sites (tertiary alicyclic amines) is 1. The highest BCUT2D eigenvalue weighted by Gasteiger charge is 2.23. The molecule has 6 nitrogen and oxygen atoms in total. The van der Waals surface area contributed by atoms with Crippen molar-refractivity contribution in [1.29, 1.82) is 0 Å². The standard InChI is InChI=1S/C15H24N4O2S/c1-3-6-13-17-18-15(22-13)16-12(20)8-9-14(21)19-10-5-4-7-11(19)2/h11H,3-10H2,1-2H3,(H,16,18,20)/t11-/m0/s1. The first kappa shape index (κ1) is 16.9. The van der Waals surface area contributed by atoms with Gasteiger partial charge < -0.3 is 10.2 Å². The first-order valence-electron chi connectivity index (χ1n) is 8.02. The summed E-state index contributed by atoms with van der Waals surface area (Å²) in [5.41, 5.74) is 0. The highest BCUT2D eigenvalue weighted by molar-refractivity contribution is 7.15. The van der Waals surface area contributed by atoms with Crippen LogP contribution in [0.2, 0.25) is 0 Å². The Balaban J connectivity index is 1.75. The number of aryl methyl sites for hydroxylation is 1. The van der Waals surface area contributed by atoms with E-state index in [-0.39, 0.29) is 24.7 Å². The SMILES string of the molecule is CCCc1nnc(NC(=O)CCC(=O)N2CCCC[C@@H]2C)s1. The fourth-order valence-corrected chi connectivity index (χ4v) is 3.49. The number of piperidine rings is 1. The van der Waals surface area contributed by atoms with E-state index in [4.69, 9.17) is 0 Å². The van der Waals surface area contributed by atoms with Crippen LogP contribution in [0.5, 0.6) is 0 Å². The Morgan fingerprint density at radius 1 is 1.32 bits per heavy atom. The molecule has 0 aliphatic carbocycles. The summed E-state index contributed by atoms with van der Waals surface area (Å²) in [5, 5.41) is 12.1. The molecule has 1 saturated heterocycles. The molecule has 0 unspecified atom stereocenters. The van der Waals surface area contributed by atoms with Crippen molar-refractivity contribution >= 4 is 28.3 Å². The summed E-state index contributed by atoms with van der Waals surface area (Å²) >= 11 is 1.40. The zero-order valence-corrected chi connectivity index (χ0v) is 14.1. The minimum absolute atomic E-state index is 0.0753. The third kappa shape index (κ3) is 4.76. The van der Waals surface area contributed by atoms with Gasteiger partial charge >= 0.3 is 0 Å². The molecular formula is C15H24N4O2S. The lowest BCUT2D eigenvalue weighted by Gasteiger charge is -2.33. The minimum Gasteiger partial charge on any atom is -0.340 e. The van der Waals surface area contributed by atoms with E-state index in [0.717, 1.165) is 37.2 Å². The third-order valence-corrected chi connectivity index (χ3v) is 4.76. The van der Waals surface area contributed by atoms with Crippen molar-refractivity contribution in [3.63, 3.8) is 0 Å². The lowest BCUT2D eigenvalue weighted by Crippen LogP contribution is -2.42. The molecule has 2 amide bonds. The maximum atomic E-state index is 12.2. The van der Waals surface area contributed by atoms with Gasteiger partial charge in [0.25, 0.3) is 0 Å². The molecular weight excluding hydrogens is 300 g/mol. The normalized spacial score (nSPS) is 18.3. The monoisotopic (exact) mass is 324 g/mol. The second-order valence-electron chi connectivity index (χ2n) is 5.73. The van der Waals surface area contributed by atoms with Crippen molar-refractivity contribution in [3.05, 3.63) is 5.01 Å². The average molecular weight is 324 g/mol. The van der Waals surface area contributed by atoms with Gasteiger partial charge in [0.05, 0.1) is 0 Å². The van der Waals surface area contributed by atoms with E-state index in [1.807, 2.05) is 4.90 Å². The van der Waals surface area contributed by atoms with Crippen LogP contribution >= 0.6 is 11.3 Å². The molecule has 1 aliphatic rings. The van der Waals surface area contributed by atoms with Crippen molar-refractivity contribution in [2.45, 2.75) is 64.8 Å². The quantitative estimate of drug-likeness (QED) is 0.873. The molecule has 2 rings (SSSR count). The number of carbonyl (C=O) groups is 2. The second kappa shape index (κ2) is 8.22. The van der Waals surface area contributed by atoms with E-state index < -0.39 is 0 Å². The van der Waals surface area contributed by atoms with E-state index in [2.05, 4.69) is 29.4 Å². The van der Waals surface area contributed by atoms with Crippen LogP contribution in [0, 0.1) is 0 Å². The van der Waals surface area contributed by atoms with Gasteiger partial charge in [-0.1, -0.05) is 18.3 Å². The van der Waals surface area contributed by atoms with Crippen LogP contribution < -0.4 is 5.32 Å². The molecule has 0 radical (unpaired) electrons. The molecule has 1 atom stereocenters. The molecule has 22 heavy (non-hydrogen) atoms. The molecule has 1 aromatic rings. The number of rotatable bonds is 6. The highest BCUT2D eigenvalue weighted by Crippen LogP contribution is 2.19. The molecule has 1 aromatic heterocycles. The van der Waals surface area contributed by atoms with Crippen LogP contribution in [0.3, 0.4) is 0 Å². The Bertz CT molecular complexity index is 517. The number of amides is 2. The van der Waals surface area contributed by atoms with Crippen LogP contribution in [0.15, 0.2) is 0 Å². The Hall–Kier alpha value is -1.50. The largest absolute Gasteiger partial charge is 0.340 e. The van der Waals surface area contributed by atoms with E-state index in [0.29, 0.717) is 11.2 Å². The van der Waals surface area contributed by atoms with Gasteiger partial charge in [0, 0.05) is 31.8 Å².